The van der Waals surface area contributed by atoms with Gasteiger partial charge in [0.2, 0.25) is 5.91 Å². The van der Waals surface area contributed by atoms with Crippen molar-refractivity contribution in [3.05, 3.63) is 59.4 Å². The molecule has 4 aromatic rings. The maximum atomic E-state index is 12.2. The molecule has 0 radical (unpaired) electrons. The van der Waals surface area contributed by atoms with Crippen LogP contribution in [0.5, 0.6) is 0 Å². The van der Waals surface area contributed by atoms with E-state index in [4.69, 9.17) is 4.52 Å². The first-order valence-electron chi connectivity index (χ1n) is 7.43. The van der Waals surface area contributed by atoms with Crippen LogP contribution in [0.25, 0.3) is 16.2 Å². The van der Waals surface area contributed by atoms with E-state index in [1.54, 1.807) is 13.0 Å². The van der Waals surface area contributed by atoms with Crippen LogP contribution in [-0.2, 0) is 11.2 Å². The predicted octanol–water partition coefficient (Wildman–Crippen LogP) is 3.54. The molecule has 0 bridgehead atoms. The van der Waals surface area contributed by atoms with E-state index < -0.39 is 0 Å². The fourth-order valence-corrected chi connectivity index (χ4v) is 3.35. The molecule has 1 N–H and O–H groups in total. The van der Waals surface area contributed by atoms with Gasteiger partial charge >= 0.3 is 0 Å². The van der Waals surface area contributed by atoms with E-state index >= 15 is 0 Å². The molecule has 0 aliphatic carbocycles. The number of amides is 1. The van der Waals surface area contributed by atoms with Crippen LogP contribution >= 0.6 is 11.3 Å². The minimum atomic E-state index is -0.141. The van der Waals surface area contributed by atoms with Crippen LogP contribution in [0.1, 0.15) is 11.5 Å². The zero-order chi connectivity index (χ0) is 16.5. The van der Waals surface area contributed by atoms with Crippen molar-refractivity contribution in [2.75, 3.05) is 5.32 Å². The Labute approximate surface area is 141 Å². The Kier molecular flexibility index (Phi) is 3.62. The summed E-state index contributed by atoms with van der Waals surface area (Å²) in [6.45, 7) is 1.78. The zero-order valence-corrected chi connectivity index (χ0v) is 13.7. The smallest absolute Gasteiger partial charge is 0.231 e. The number of aromatic nitrogens is 3. The van der Waals surface area contributed by atoms with Gasteiger partial charge in [-0.3, -0.25) is 9.20 Å². The van der Waals surface area contributed by atoms with Gasteiger partial charge in [0.25, 0.3) is 0 Å². The SMILES string of the molecule is Cc1cc(NC(=O)Cc2csc3nc(-c4ccccc4)cn23)no1. The summed E-state index contributed by atoms with van der Waals surface area (Å²) in [6, 6.07) is 11.7. The lowest BCUT2D eigenvalue weighted by Gasteiger charge is -2.00. The van der Waals surface area contributed by atoms with Crippen LogP contribution in [-0.4, -0.2) is 20.4 Å². The minimum absolute atomic E-state index is 0.141. The Hall–Kier alpha value is -2.93. The van der Waals surface area contributed by atoms with Crippen LogP contribution < -0.4 is 5.32 Å². The van der Waals surface area contributed by atoms with Gasteiger partial charge in [-0.15, -0.1) is 11.3 Å². The zero-order valence-electron chi connectivity index (χ0n) is 12.9. The van der Waals surface area contributed by atoms with Crippen molar-refractivity contribution < 1.29 is 9.32 Å². The third-order valence-corrected chi connectivity index (χ3v) is 4.48. The molecule has 0 fully saturated rings. The van der Waals surface area contributed by atoms with Crippen LogP contribution in [0.3, 0.4) is 0 Å². The summed E-state index contributed by atoms with van der Waals surface area (Å²) in [5.41, 5.74) is 2.85. The van der Waals surface area contributed by atoms with Crippen molar-refractivity contribution in [2.45, 2.75) is 13.3 Å². The van der Waals surface area contributed by atoms with Gasteiger partial charge in [0.15, 0.2) is 10.8 Å². The highest BCUT2D eigenvalue weighted by atomic mass is 32.1. The molecule has 1 aromatic carbocycles. The molecule has 0 aliphatic rings. The van der Waals surface area contributed by atoms with Gasteiger partial charge in [-0.1, -0.05) is 35.5 Å². The van der Waals surface area contributed by atoms with E-state index in [0.717, 1.165) is 21.9 Å². The number of anilines is 1. The summed E-state index contributed by atoms with van der Waals surface area (Å²) >= 11 is 1.52. The van der Waals surface area contributed by atoms with Crippen LogP contribution in [0.15, 0.2) is 52.5 Å². The number of hydrogen-bond acceptors (Lipinski definition) is 5. The molecular weight excluding hydrogens is 324 g/mol. The third kappa shape index (κ3) is 2.81. The van der Waals surface area contributed by atoms with Crippen molar-refractivity contribution in [3.63, 3.8) is 0 Å². The number of imidazole rings is 1. The number of carbonyl (C=O) groups excluding carboxylic acids is 1. The molecule has 0 spiro atoms. The maximum absolute atomic E-state index is 12.2. The Balaban J connectivity index is 1.56. The maximum Gasteiger partial charge on any atom is 0.231 e. The molecule has 0 aliphatic heterocycles. The Bertz CT molecular complexity index is 1000. The van der Waals surface area contributed by atoms with Gasteiger partial charge in [0.05, 0.1) is 12.1 Å². The monoisotopic (exact) mass is 338 g/mol. The molecule has 6 nitrogen and oxygen atoms in total. The largest absolute Gasteiger partial charge is 0.360 e. The number of thiazole rings is 1. The molecule has 3 aromatic heterocycles. The van der Waals surface area contributed by atoms with Crippen molar-refractivity contribution in [1.29, 1.82) is 0 Å². The molecule has 24 heavy (non-hydrogen) atoms. The third-order valence-electron chi connectivity index (χ3n) is 3.59. The first kappa shape index (κ1) is 14.6. The summed E-state index contributed by atoms with van der Waals surface area (Å²) in [4.78, 5) is 17.7. The van der Waals surface area contributed by atoms with E-state index in [2.05, 4.69) is 15.5 Å². The number of aryl methyl sites for hydroxylation is 1. The normalized spacial score (nSPS) is 11.0. The van der Waals surface area contributed by atoms with Gasteiger partial charge in [0, 0.05) is 28.9 Å². The van der Waals surface area contributed by atoms with E-state index in [9.17, 15) is 4.79 Å². The van der Waals surface area contributed by atoms with Gasteiger partial charge in [-0.25, -0.2) is 4.98 Å². The van der Waals surface area contributed by atoms with Crippen LogP contribution in [0, 0.1) is 6.92 Å². The molecule has 7 heteroatoms. The number of nitrogens with one attached hydrogen (secondary N) is 1. The molecule has 0 saturated carbocycles. The average molecular weight is 338 g/mol. The topological polar surface area (TPSA) is 72.4 Å². The quantitative estimate of drug-likeness (QED) is 0.618. The first-order valence-corrected chi connectivity index (χ1v) is 8.31. The Morgan fingerprint density at radius 3 is 2.92 bits per heavy atom. The van der Waals surface area contributed by atoms with Gasteiger partial charge in [-0.05, 0) is 6.92 Å². The number of fused-ring (bicyclic) bond motifs is 1. The van der Waals surface area contributed by atoms with Crippen LogP contribution in [0.2, 0.25) is 0 Å². The van der Waals surface area contributed by atoms with Crippen LogP contribution in [0.4, 0.5) is 5.82 Å². The number of nitrogens with zero attached hydrogens (tertiary/aromatic N) is 3. The fraction of sp³-hybridized carbons (Fsp3) is 0.118. The Morgan fingerprint density at radius 2 is 2.17 bits per heavy atom. The second-order valence-corrected chi connectivity index (χ2v) is 6.26. The number of carbonyl (C=O) groups is 1. The lowest BCUT2D eigenvalue weighted by atomic mass is 10.2. The molecule has 3 heterocycles. The predicted molar refractivity (Wildman–Crippen MR) is 92.1 cm³/mol. The molecule has 4 rings (SSSR count). The summed E-state index contributed by atoms with van der Waals surface area (Å²) in [5, 5.41) is 8.45. The standard InChI is InChI=1S/C17H14N4O2S/c1-11-7-15(20-23-11)19-16(22)8-13-10-24-17-18-14(9-21(13)17)12-5-3-2-4-6-12/h2-7,9-10H,8H2,1H3,(H,19,20,22). The molecular formula is C17H14N4O2S. The van der Waals surface area contributed by atoms with Crippen molar-refractivity contribution in [2.24, 2.45) is 0 Å². The molecule has 120 valence electrons. The molecule has 1 amide bonds. The lowest BCUT2D eigenvalue weighted by Crippen LogP contribution is -2.15. The summed E-state index contributed by atoms with van der Waals surface area (Å²) in [5.74, 6) is 0.947. The second kappa shape index (κ2) is 5.93. The first-order chi connectivity index (χ1) is 11.7. The second-order valence-electron chi connectivity index (χ2n) is 5.42. The van der Waals surface area contributed by atoms with E-state index in [1.165, 1.54) is 11.3 Å². The fourth-order valence-electron chi connectivity index (χ4n) is 2.48. The van der Waals surface area contributed by atoms with Crippen molar-refractivity contribution >= 4 is 28.0 Å². The van der Waals surface area contributed by atoms with Gasteiger partial charge < -0.3 is 9.84 Å². The number of rotatable bonds is 4. The highest BCUT2D eigenvalue weighted by Crippen LogP contribution is 2.23. The average Bonchev–Trinajstić information content (AvgIpc) is 3.26. The van der Waals surface area contributed by atoms with Crippen molar-refractivity contribution in [3.8, 4) is 11.3 Å². The summed E-state index contributed by atoms with van der Waals surface area (Å²) in [6.07, 6.45) is 2.21. The van der Waals surface area contributed by atoms with Gasteiger partial charge in [-0.2, -0.15) is 0 Å². The molecule has 0 saturated heterocycles. The highest BCUT2D eigenvalue weighted by Gasteiger charge is 2.13. The van der Waals surface area contributed by atoms with Gasteiger partial charge in [0.1, 0.15) is 5.76 Å². The summed E-state index contributed by atoms with van der Waals surface area (Å²) < 4.78 is 6.90. The number of benzene rings is 1. The lowest BCUT2D eigenvalue weighted by molar-refractivity contribution is -0.115. The number of hydrogen-bond donors (Lipinski definition) is 1. The van der Waals surface area contributed by atoms with E-state index in [0.29, 0.717) is 11.6 Å². The molecule has 0 unspecified atom stereocenters. The minimum Gasteiger partial charge on any atom is -0.360 e. The highest BCUT2D eigenvalue weighted by molar-refractivity contribution is 7.15. The van der Waals surface area contributed by atoms with Crippen molar-refractivity contribution in [1.82, 2.24) is 14.5 Å². The Morgan fingerprint density at radius 1 is 1.33 bits per heavy atom. The summed E-state index contributed by atoms with van der Waals surface area (Å²) in [7, 11) is 0. The van der Waals surface area contributed by atoms with E-state index in [1.807, 2.05) is 46.3 Å². The van der Waals surface area contributed by atoms with E-state index in [-0.39, 0.29) is 12.3 Å². The molecule has 0 atom stereocenters.